The van der Waals surface area contributed by atoms with Gasteiger partial charge in [-0.3, -0.25) is 0 Å². The number of aromatic hydroxyl groups is 1. The number of phenolic OH excluding ortho intramolecular Hbond substituents is 1. The molecule has 1 unspecified atom stereocenters. The van der Waals surface area contributed by atoms with Crippen molar-refractivity contribution < 1.29 is 9.84 Å². The topological polar surface area (TPSA) is 75.8 Å². The van der Waals surface area contributed by atoms with E-state index >= 15 is 0 Å². The van der Waals surface area contributed by atoms with Crippen LogP contribution in [-0.4, -0.2) is 50.5 Å². The van der Waals surface area contributed by atoms with Crippen LogP contribution >= 0.6 is 0 Å². The monoisotopic (exact) mass is 365 g/mol. The Morgan fingerprint density at radius 2 is 2.04 bits per heavy atom. The standard InChI is InChI=1S/C20H23N5O2/c1-12-9-13(2)18(16(26)10-12)15-5-6-25-19(21-15)22-20(23-25)24-7-8-27-17(11-24)14-3-4-14/h5-6,9-10,14,17,26H,3-4,7-8,11H2,1-2H3. The van der Waals surface area contributed by atoms with E-state index in [2.05, 4.69) is 20.0 Å². The molecule has 5 rings (SSSR count). The lowest BCUT2D eigenvalue weighted by atomic mass is 10.0. The van der Waals surface area contributed by atoms with E-state index < -0.39 is 0 Å². The van der Waals surface area contributed by atoms with Crippen LogP contribution in [0.2, 0.25) is 0 Å². The van der Waals surface area contributed by atoms with E-state index in [1.165, 1.54) is 12.8 Å². The Morgan fingerprint density at radius 1 is 1.19 bits per heavy atom. The number of ether oxygens (including phenoxy) is 1. The molecule has 0 amide bonds. The van der Waals surface area contributed by atoms with Gasteiger partial charge in [-0.1, -0.05) is 6.07 Å². The summed E-state index contributed by atoms with van der Waals surface area (Å²) in [6.07, 6.45) is 4.68. The summed E-state index contributed by atoms with van der Waals surface area (Å²) in [5.74, 6) is 2.17. The molecule has 140 valence electrons. The van der Waals surface area contributed by atoms with Crippen molar-refractivity contribution in [2.45, 2.75) is 32.8 Å². The Bertz CT molecular complexity index is 988. The van der Waals surface area contributed by atoms with Crippen molar-refractivity contribution in [3.8, 4) is 17.0 Å². The number of benzene rings is 1. The molecule has 2 aliphatic rings. The van der Waals surface area contributed by atoms with Gasteiger partial charge < -0.3 is 14.7 Å². The first kappa shape index (κ1) is 16.5. The molecule has 1 atom stereocenters. The highest BCUT2D eigenvalue weighted by Crippen LogP contribution is 2.36. The third kappa shape index (κ3) is 3.02. The van der Waals surface area contributed by atoms with Gasteiger partial charge >= 0.3 is 0 Å². The zero-order valence-electron chi connectivity index (χ0n) is 15.6. The first-order chi connectivity index (χ1) is 13.1. The van der Waals surface area contributed by atoms with E-state index in [0.29, 0.717) is 36.0 Å². The molecule has 3 heterocycles. The Labute approximate surface area is 157 Å². The van der Waals surface area contributed by atoms with Crippen molar-refractivity contribution >= 4 is 11.7 Å². The Kier molecular flexibility index (Phi) is 3.79. The van der Waals surface area contributed by atoms with E-state index in [4.69, 9.17) is 4.74 Å². The van der Waals surface area contributed by atoms with E-state index in [1.54, 1.807) is 10.6 Å². The highest BCUT2D eigenvalue weighted by atomic mass is 16.5. The summed E-state index contributed by atoms with van der Waals surface area (Å²) >= 11 is 0. The molecule has 1 saturated carbocycles. The van der Waals surface area contributed by atoms with Crippen molar-refractivity contribution in [2.75, 3.05) is 24.6 Å². The SMILES string of the molecule is Cc1cc(C)c(-c2ccn3nc(N4CCOC(C5CC5)C4)nc3n2)c(O)c1. The van der Waals surface area contributed by atoms with Crippen LogP contribution in [0.5, 0.6) is 5.75 Å². The average Bonchev–Trinajstić information content (AvgIpc) is 3.40. The minimum Gasteiger partial charge on any atom is -0.507 e. The Hall–Kier alpha value is -2.67. The van der Waals surface area contributed by atoms with Crippen LogP contribution in [0.4, 0.5) is 5.95 Å². The van der Waals surface area contributed by atoms with Gasteiger partial charge in [-0.25, -0.2) is 9.50 Å². The normalized spacial score (nSPS) is 20.4. The summed E-state index contributed by atoms with van der Waals surface area (Å²) in [6, 6.07) is 5.67. The lowest BCUT2D eigenvalue weighted by Gasteiger charge is -2.32. The molecule has 1 saturated heterocycles. The van der Waals surface area contributed by atoms with Gasteiger partial charge in [0.15, 0.2) is 0 Å². The largest absolute Gasteiger partial charge is 0.507 e. The fourth-order valence-corrected chi connectivity index (χ4v) is 3.93. The Balaban J connectivity index is 1.48. The maximum absolute atomic E-state index is 10.4. The minimum atomic E-state index is 0.240. The van der Waals surface area contributed by atoms with Crippen LogP contribution in [0.1, 0.15) is 24.0 Å². The molecule has 1 N–H and O–H groups in total. The molecular weight excluding hydrogens is 342 g/mol. The quantitative estimate of drug-likeness (QED) is 0.769. The summed E-state index contributed by atoms with van der Waals surface area (Å²) < 4.78 is 7.59. The summed E-state index contributed by atoms with van der Waals surface area (Å²) in [4.78, 5) is 11.5. The van der Waals surface area contributed by atoms with Crippen molar-refractivity contribution in [3.63, 3.8) is 0 Å². The van der Waals surface area contributed by atoms with Crippen LogP contribution in [0.3, 0.4) is 0 Å². The molecule has 1 aliphatic heterocycles. The molecule has 2 fully saturated rings. The number of phenols is 1. The zero-order valence-corrected chi connectivity index (χ0v) is 15.6. The van der Waals surface area contributed by atoms with Crippen LogP contribution in [0.25, 0.3) is 17.0 Å². The summed E-state index contributed by atoms with van der Waals surface area (Å²) in [5.41, 5.74) is 3.46. The first-order valence-corrected chi connectivity index (χ1v) is 9.49. The number of hydrogen-bond acceptors (Lipinski definition) is 6. The van der Waals surface area contributed by atoms with Crippen LogP contribution < -0.4 is 4.90 Å². The number of aromatic nitrogens is 4. The molecule has 1 aromatic carbocycles. The third-order valence-electron chi connectivity index (χ3n) is 5.44. The second-order valence-electron chi connectivity index (χ2n) is 7.64. The van der Waals surface area contributed by atoms with Crippen LogP contribution in [0.15, 0.2) is 24.4 Å². The maximum Gasteiger partial charge on any atom is 0.254 e. The molecule has 27 heavy (non-hydrogen) atoms. The van der Waals surface area contributed by atoms with E-state index in [9.17, 15) is 5.11 Å². The second kappa shape index (κ2) is 6.20. The number of fused-ring (bicyclic) bond motifs is 1. The predicted octanol–water partition coefficient (Wildman–Crippen LogP) is 2.73. The lowest BCUT2D eigenvalue weighted by molar-refractivity contribution is 0.0258. The Morgan fingerprint density at radius 3 is 2.81 bits per heavy atom. The number of morpholine rings is 1. The minimum absolute atomic E-state index is 0.240. The van der Waals surface area contributed by atoms with E-state index in [-0.39, 0.29) is 5.75 Å². The van der Waals surface area contributed by atoms with Gasteiger partial charge in [-0.2, -0.15) is 4.98 Å². The van der Waals surface area contributed by atoms with Gasteiger partial charge in [-0.05, 0) is 55.9 Å². The molecule has 0 radical (unpaired) electrons. The molecular formula is C20H23N5O2. The summed E-state index contributed by atoms with van der Waals surface area (Å²) in [7, 11) is 0. The van der Waals surface area contributed by atoms with Crippen molar-refractivity contribution in [1.82, 2.24) is 19.6 Å². The lowest BCUT2D eigenvalue weighted by Crippen LogP contribution is -2.44. The number of rotatable bonds is 3. The average molecular weight is 365 g/mol. The van der Waals surface area contributed by atoms with Crippen LogP contribution in [-0.2, 0) is 4.74 Å². The predicted molar refractivity (Wildman–Crippen MR) is 102 cm³/mol. The molecule has 7 nitrogen and oxygen atoms in total. The molecule has 2 aromatic heterocycles. The molecule has 7 heteroatoms. The molecule has 0 spiro atoms. The maximum atomic E-state index is 10.4. The highest BCUT2D eigenvalue weighted by molar-refractivity contribution is 5.72. The van der Waals surface area contributed by atoms with E-state index in [0.717, 1.165) is 29.8 Å². The van der Waals surface area contributed by atoms with E-state index in [1.807, 2.05) is 32.2 Å². The summed E-state index contributed by atoms with van der Waals surface area (Å²) in [6.45, 7) is 6.30. The second-order valence-corrected chi connectivity index (χ2v) is 7.64. The van der Waals surface area contributed by atoms with Gasteiger partial charge in [-0.15, -0.1) is 5.10 Å². The zero-order chi connectivity index (χ0) is 18.5. The van der Waals surface area contributed by atoms with Crippen molar-refractivity contribution in [2.24, 2.45) is 5.92 Å². The van der Waals surface area contributed by atoms with Gasteiger partial charge in [0.05, 0.1) is 18.4 Å². The van der Waals surface area contributed by atoms with Crippen molar-refractivity contribution in [3.05, 3.63) is 35.5 Å². The molecule has 3 aromatic rings. The number of nitrogens with zero attached hydrogens (tertiary/aromatic N) is 5. The molecule has 0 bridgehead atoms. The first-order valence-electron chi connectivity index (χ1n) is 9.49. The van der Waals surface area contributed by atoms with Crippen LogP contribution in [0, 0.1) is 19.8 Å². The van der Waals surface area contributed by atoms with Gasteiger partial charge in [0.1, 0.15) is 5.75 Å². The fraction of sp³-hybridized carbons (Fsp3) is 0.450. The number of aryl methyl sites for hydroxylation is 2. The number of hydrogen-bond donors (Lipinski definition) is 1. The summed E-state index contributed by atoms with van der Waals surface area (Å²) in [5, 5.41) is 15.0. The third-order valence-corrected chi connectivity index (χ3v) is 5.44. The molecule has 1 aliphatic carbocycles. The number of anilines is 1. The van der Waals surface area contributed by atoms with Gasteiger partial charge in [0.25, 0.3) is 5.78 Å². The highest BCUT2D eigenvalue weighted by Gasteiger charge is 2.36. The van der Waals surface area contributed by atoms with Gasteiger partial charge in [0, 0.05) is 24.8 Å². The smallest absolute Gasteiger partial charge is 0.254 e. The van der Waals surface area contributed by atoms with Crippen molar-refractivity contribution in [1.29, 1.82) is 0 Å². The van der Waals surface area contributed by atoms with Gasteiger partial charge in [0.2, 0.25) is 5.95 Å². The fourth-order valence-electron chi connectivity index (χ4n) is 3.93.